The first-order valence-corrected chi connectivity index (χ1v) is 6.98. The van der Waals surface area contributed by atoms with Crippen molar-refractivity contribution in [3.8, 4) is 12.1 Å². The van der Waals surface area contributed by atoms with Gasteiger partial charge in [0, 0.05) is 15.6 Å². The van der Waals surface area contributed by atoms with Crippen molar-refractivity contribution in [2.45, 2.75) is 0 Å². The summed E-state index contributed by atoms with van der Waals surface area (Å²) in [5.41, 5.74) is 3.64. The zero-order valence-corrected chi connectivity index (χ0v) is 12.8. The van der Waals surface area contributed by atoms with Crippen LogP contribution in [0.1, 0.15) is 15.9 Å². The molecule has 0 aromatic heterocycles. The molecule has 0 heterocycles. The number of para-hydroxylation sites is 1. The summed E-state index contributed by atoms with van der Waals surface area (Å²) in [6, 6.07) is 17.0. The molecule has 5 nitrogen and oxygen atoms in total. The Balaban J connectivity index is 2.35. The van der Waals surface area contributed by atoms with Gasteiger partial charge in [0.1, 0.15) is 12.1 Å². The fourth-order valence-electron chi connectivity index (χ4n) is 1.73. The van der Waals surface area contributed by atoms with Crippen LogP contribution >= 0.6 is 15.9 Å². The number of hydrogen-bond acceptors (Lipinski definition) is 5. The van der Waals surface area contributed by atoms with Crippen molar-refractivity contribution in [1.29, 1.82) is 10.5 Å². The zero-order valence-electron chi connectivity index (χ0n) is 11.2. The fraction of sp³-hybridized carbons (Fsp3) is 0. The topological polar surface area (TPSA) is 89.0 Å². The van der Waals surface area contributed by atoms with Gasteiger partial charge >= 0.3 is 0 Å². The van der Waals surface area contributed by atoms with E-state index in [4.69, 9.17) is 10.5 Å². The molecule has 6 heteroatoms. The second-order valence-electron chi connectivity index (χ2n) is 4.18. The first kappa shape index (κ1) is 15.4. The third kappa shape index (κ3) is 3.57. The highest BCUT2D eigenvalue weighted by Gasteiger charge is 2.13. The summed E-state index contributed by atoms with van der Waals surface area (Å²) < 4.78 is 0.882. The highest BCUT2D eigenvalue weighted by molar-refractivity contribution is 9.10. The van der Waals surface area contributed by atoms with Crippen molar-refractivity contribution in [1.82, 2.24) is 0 Å². The van der Waals surface area contributed by atoms with E-state index in [2.05, 4.69) is 26.5 Å². The maximum atomic E-state index is 12.5. The molecule has 1 N–H and O–H groups in total. The van der Waals surface area contributed by atoms with Crippen LogP contribution in [0.2, 0.25) is 0 Å². The van der Waals surface area contributed by atoms with Gasteiger partial charge in [-0.15, -0.1) is 0 Å². The Bertz CT molecular complexity index is 797. The number of ketones is 1. The van der Waals surface area contributed by atoms with Gasteiger partial charge < -0.3 is 0 Å². The van der Waals surface area contributed by atoms with Crippen LogP contribution in [-0.4, -0.2) is 11.5 Å². The van der Waals surface area contributed by atoms with Gasteiger partial charge in [0.05, 0.1) is 5.69 Å². The summed E-state index contributed by atoms with van der Waals surface area (Å²) in [7, 11) is 0. The van der Waals surface area contributed by atoms with E-state index in [9.17, 15) is 4.79 Å². The minimum Gasteiger partial charge on any atom is -0.289 e. The van der Waals surface area contributed by atoms with Crippen molar-refractivity contribution in [3.05, 3.63) is 64.1 Å². The number of benzene rings is 2. The molecule has 0 saturated carbocycles. The number of hydrogen-bond donors (Lipinski definition) is 1. The Kier molecular flexibility index (Phi) is 5.02. The average molecular weight is 353 g/mol. The summed E-state index contributed by atoms with van der Waals surface area (Å²) in [5.74, 6) is -0.179. The lowest BCUT2D eigenvalue weighted by Crippen LogP contribution is -2.06. The van der Waals surface area contributed by atoms with Crippen molar-refractivity contribution in [2.75, 3.05) is 5.43 Å². The molecule has 0 bridgehead atoms. The number of nitrogens with zero attached hydrogens (tertiary/aromatic N) is 3. The van der Waals surface area contributed by atoms with E-state index in [1.165, 1.54) is 0 Å². The minimum atomic E-state index is -0.314. The third-order valence-electron chi connectivity index (χ3n) is 2.78. The number of carbonyl (C=O) groups excluding carboxylic acids is 1. The van der Waals surface area contributed by atoms with Crippen LogP contribution in [-0.2, 0) is 0 Å². The molecule has 2 aromatic carbocycles. The quantitative estimate of drug-likeness (QED) is 0.518. The molecule has 106 valence electrons. The molecule has 0 spiro atoms. The van der Waals surface area contributed by atoms with Crippen molar-refractivity contribution in [3.63, 3.8) is 0 Å². The number of carbonyl (C=O) groups is 1. The van der Waals surface area contributed by atoms with E-state index in [0.717, 1.165) is 4.47 Å². The predicted octanol–water partition coefficient (Wildman–Crippen LogP) is 3.50. The molecule has 0 amide bonds. The first-order chi connectivity index (χ1) is 10.7. The second-order valence-corrected chi connectivity index (χ2v) is 5.09. The molecular formula is C16H9BrN4O. The van der Waals surface area contributed by atoms with E-state index in [-0.39, 0.29) is 11.5 Å². The zero-order chi connectivity index (χ0) is 15.9. The Morgan fingerprint density at radius 1 is 1.05 bits per heavy atom. The van der Waals surface area contributed by atoms with Crippen LogP contribution in [0.3, 0.4) is 0 Å². The molecule has 0 aliphatic heterocycles. The molecule has 0 atom stereocenters. The second kappa shape index (κ2) is 7.16. The lowest BCUT2D eigenvalue weighted by atomic mass is 10.0. The molecule has 0 radical (unpaired) electrons. The monoisotopic (exact) mass is 352 g/mol. The lowest BCUT2D eigenvalue weighted by molar-refractivity contribution is 0.103. The largest absolute Gasteiger partial charge is 0.289 e. The maximum Gasteiger partial charge on any atom is 0.237 e. The van der Waals surface area contributed by atoms with Crippen molar-refractivity contribution >= 4 is 33.1 Å². The molecule has 2 aromatic rings. The number of hydrazone groups is 1. The maximum absolute atomic E-state index is 12.5. The van der Waals surface area contributed by atoms with Crippen LogP contribution < -0.4 is 5.43 Å². The molecule has 0 aliphatic carbocycles. The van der Waals surface area contributed by atoms with Gasteiger partial charge in [-0.25, -0.2) is 0 Å². The van der Waals surface area contributed by atoms with Gasteiger partial charge in [0.25, 0.3) is 0 Å². The average Bonchev–Trinajstić information content (AvgIpc) is 2.56. The summed E-state index contributed by atoms with van der Waals surface area (Å²) >= 11 is 3.32. The van der Waals surface area contributed by atoms with E-state index in [1.807, 2.05) is 0 Å². The van der Waals surface area contributed by atoms with Crippen molar-refractivity contribution < 1.29 is 4.79 Å². The smallest absolute Gasteiger partial charge is 0.237 e. The summed E-state index contributed by atoms with van der Waals surface area (Å²) in [6.07, 6.45) is 0. The summed E-state index contributed by atoms with van der Waals surface area (Å²) in [4.78, 5) is 12.5. The Morgan fingerprint density at radius 3 is 2.32 bits per heavy atom. The van der Waals surface area contributed by atoms with Crippen molar-refractivity contribution in [2.24, 2.45) is 5.10 Å². The lowest BCUT2D eigenvalue weighted by Gasteiger charge is -2.08. The fourth-order valence-corrected chi connectivity index (χ4v) is 1.99. The Hall–Kier alpha value is -2.96. The van der Waals surface area contributed by atoms with E-state index >= 15 is 0 Å². The van der Waals surface area contributed by atoms with Gasteiger partial charge in [-0.1, -0.05) is 28.1 Å². The van der Waals surface area contributed by atoms with Gasteiger partial charge in [-0.05, 0) is 36.4 Å². The van der Waals surface area contributed by atoms with Crippen LogP contribution in [0.4, 0.5) is 5.69 Å². The number of nitrogens with one attached hydrogen (secondary N) is 1. The number of rotatable bonds is 4. The summed E-state index contributed by atoms with van der Waals surface area (Å²) in [6.45, 7) is 0. The molecule has 0 saturated heterocycles. The molecular weight excluding hydrogens is 344 g/mol. The van der Waals surface area contributed by atoms with E-state index in [0.29, 0.717) is 16.8 Å². The molecule has 0 fully saturated rings. The van der Waals surface area contributed by atoms with Gasteiger partial charge in [-0.3, -0.25) is 10.2 Å². The highest BCUT2D eigenvalue weighted by Crippen LogP contribution is 2.20. The Labute approximate surface area is 135 Å². The van der Waals surface area contributed by atoms with Crippen LogP contribution in [0.5, 0.6) is 0 Å². The SMILES string of the molecule is N#CC(C#N)=NNc1ccccc1C(=O)c1ccc(Br)cc1. The molecule has 22 heavy (non-hydrogen) atoms. The number of halogens is 1. The first-order valence-electron chi connectivity index (χ1n) is 6.19. The van der Waals surface area contributed by atoms with Crippen LogP contribution in [0, 0.1) is 22.7 Å². The number of anilines is 1. The van der Waals surface area contributed by atoms with Crippen LogP contribution in [0.25, 0.3) is 0 Å². The van der Waals surface area contributed by atoms with Gasteiger partial charge in [0.15, 0.2) is 5.78 Å². The third-order valence-corrected chi connectivity index (χ3v) is 3.31. The van der Waals surface area contributed by atoms with E-state index in [1.54, 1.807) is 60.7 Å². The molecule has 0 unspecified atom stereocenters. The minimum absolute atomic E-state index is 0.179. The Morgan fingerprint density at radius 2 is 1.68 bits per heavy atom. The highest BCUT2D eigenvalue weighted by atomic mass is 79.9. The van der Waals surface area contributed by atoms with E-state index < -0.39 is 0 Å². The normalized spacial score (nSPS) is 9.23. The predicted molar refractivity (Wildman–Crippen MR) is 86.3 cm³/mol. The number of nitriles is 2. The standard InChI is InChI=1S/C16H9BrN4O/c17-12-7-5-11(6-8-12)16(22)14-3-1-2-4-15(14)21-20-13(9-18)10-19/h1-8,21H. The summed E-state index contributed by atoms with van der Waals surface area (Å²) in [5, 5.41) is 21.0. The molecule has 0 aliphatic rings. The van der Waals surface area contributed by atoms with Crippen LogP contribution in [0.15, 0.2) is 58.1 Å². The molecule has 2 rings (SSSR count). The van der Waals surface area contributed by atoms with Gasteiger partial charge in [0.2, 0.25) is 5.71 Å². The van der Waals surface area contributed by atoms with Gasteiger partial charge in [-0.2, -0.15) is 15.6 Å².